The molecule has 0 spiro atoms. The number of aryl methyl sites for hydroxylation is 1. The molecule has 1 saturated heterocycles. The van der Waals surface area contributed by atoms with E-state index >= 15 is 0 Å². The van der Waals surface area contributed by atoms with Crippen molar-refractivity contribution in [2.24, 2.45) is 11.8 Å². The summed E-state index contributed by atoms with van der Waals surface area (Å²) in [7, 11) is 0. The van der Waals surface area contributed by atoms with Crippen LogP contribution in [0.25, 0.3) is 10.9 Å². The molecule has 9 heteroatoms. The highest BCUT2D eigenvalue weighted by Crippen LogP contribution is 2.37. The molecule has 1 saturated carbocycles. The Kier molecular flexibility index (Phi) is 6.24. The summed E-state index contributed by atoms with van der Waals surface area (Å²) in [5.74, 6) is -1.94. The lowest BCUT2D eigenvalue weighted by Gasteiger charge is -2.32. The molecule has 6 nitrogen and oxygen atoms in total. The Bertz CT molecular complexity index is 1300. The monoisotopic (exact) mass is 482 g/mol. The third kappa shape index (κ3) is 4.50. The molecule has 1 aliphatic carbocycles. The van der Waals surface area contributed by atoms with E-state index in [0.717, 1.165) is 18.9 Å². The molecule has 1 aliphatic heterocycles. The van der Waals surface area contributed by atoms with Crippen LogP contribution in [0.5, 0.6) is 0 Å². The second-order valence-corrected chi connectivity index (χ2v) is 9.45. The van der Waals surface area contributed by atoms with E-state index in [1.165, 1.54) is 23.3 Å². The van der Waals surface area contributed by atoms with E-state index in [-0.39, 0.29) is 23.3 Å². The number of hydroxylamine groups is 2. The Morgan fingerprint density at radius 3 is 2.49 bits per heavy atom. The van der Waals surface area contributed by atoms with Gasteiger partial charge in [-0.05, 0) is 68.4 Å². The van der Waals surface area contributed by atoms with Crippen molar-refractivity contribution >= 4 is 16.8 Å². The van der Waals surface area contributed by atoms with Crippen molar-refractivity contribution in [3.63, 3.8) is 0 Å². The molecule has 2 heterocycles. The summed E-state index contributed by atoms with van der Waals surface area (Å²) in [5, 5.41) is 15.4. The molecule has 0 unspecified atom stereocenters. The lowest BCUT2D eigenvalue weighted by molar-refractivity contribution is -0.183. The van der Waals surface area contributed by atoms with Crippen LogP contribution in [-0.4, -0.2) is 27.4 Å². The zero-order valence-corrected chi connectivity index (χ0v) is 19.3. The Hall–Kier alpha value is -3.38. The van der Waals surface area contributed by atoms with E-state index in [9.17, 15) is 23.2 Å². The van der Waals surface area contributed by atoms with Crippen LogP contribution >= 0.6 is 0 Å². The maximum absolute atomic E-state index is 14.5. The first-order valence-electron chi connectivity index (χ1n) is 11.8. The molecule has 35 heavy (non-hydrogen) atoms. The van der Waals surface area contributed by atoms with Crippen molar-refractivity contribution in [3.8, 4) is 6.07 Å². The van der Waals surface area contributed by atoms with Gasteiger partial charge in [-0.25, -0.2) is 18.2 Å². The van der Waals surface area contributed by atoms with Crippen molar-refractivity contribution in [1.29, 1.82) is 5.26 Å². The number of benzene rings is 2. The van der Waals surface area contributed by atoms with Crippen molar-refractivity contribution in [1.82, 2.24) is 14.8 Å². The predicted octanol–water partition coefficient (Wildman–Crippen LogP) is 5.35. The summed E-state index contributed by atoms with van der Waals surface area (Å²) < 4.78 is 43.7. The Morgan fingerprint density at radius 1 is 1.09 bits per heavy atom. The molecule has 1 amide bonds. The molecular weight excluding hydrogens is 457 g/mol. The smallest absolute Gasteiger partial charge is 0.249 e. The van der Waals surface area contributed by atoms with Gasteiger partial charge in [-0.1, -0.05) is 0 Å². The minimum absolute atomic E-state index is 0.156. The second-order valence-electron chi connectivity index (χ2n) is 9.45. The summed E-state index contributed by atoms with van der Waals surface area (Å²) in [6, 6.07) is 7.68. The van der Waals surface area contributed by atoms with Crippen LogP contribution in [0.15, 0.2) is 30.3 Å². The third-order valence-electron chi connectivity index (χ3n) is 7.13. The summed E-state index contributed by atoms with van der Waals surface area (Å²) in [5.41, 5.74) is 1.83. The average Bonchev–Trinajstić information content (AvgIpc) is 3.43. The summed E-state index contributed by atoms with van der Waals surface area (Å²) in [6.45, 7) is 2.64. The number of hydrogen-bond donors (Lipinski definition) is 0. The van der Waals surface area contributed by atoms with Gasteiger partial charge >= 0.3 is 0 Å². The van der Waals surface area contributed by atoms with Gasteiger partial charge in [0.05, 0.1) is 40.9 Å². The largest absolute Gasteiger partial charge is 0.272 e. The van der Waals surface area contributed by atoms with Gasteiger partial charge in [0, 0.05) is 24.9 Å². The molecule has 2 aliphatic rings. The molecule has 0 radical (unpaired) electrons. The number of aromatic nitrogens is 2. The molecule has 3 aromatic rings. The van der Waals surface area contributed by atoms with Crippen LogP contribution in [0, 0.1) is 47.5 Å². The zero-order valence-electron chi connectivity index (χ0n) is 19.3. The van der Waals surface area contributed by atoms with Gasteiger partial charge in [0.25, 0.3) is 0 Å². The number of hydrogen-bond acceptors (Lipinski definition) is 4. The molecule has 1 atom stereocenters. The Labute approximate surface area is 200 Å². The van der Waals surface area contributed by atoms with Gasteiger partial charge in [0.15, 0.2) is 0 Å². The fraction of sp³-hybridized carbons (Fsp3) is 0.423. The number of amides is 1. The Morgan fingerprint density at radius 2 is 1.80 bits per heavy atom. The lowest BCUT2D eigenvalue weighted by Crippen LogP contribution is -2.37. The van der Waals surface area contributed by atoms with E-state index in [0.29, 0.717) is 54.6 Å². The van der Waals surface area contributed by atoms with Crippen LogP contribution in [0.3, 0.4) is 0 Å². The lowest BCUT2D eigenvalue weighted by atomic mass is 9.81. The Balaban J connectivity index is 1.26. The topological polar surface area (TPSA) is 71.2 Å². The highest BCUT2D eigenvalue weighted by Gasteiger charge is 2.37. The minimum Gasteiger partial charge on any atom is -0.272 e. The van der Waals surface area contributed by atoms with E-state index in [4.69, 9.17) is 4.84 Å². The quantitative estimate of drug-likeness (QED) is 0.503. The number of carbonyl (C=O) groups excluding carboxylic acids is 1. The number of halogens is 3. The van der Waals surface area contributed by atoms with Gasteiger partial charge in [-0.15, -0.1) is 0 Å². The van der Waals surface area contributed by atoms with Crippen LogP contribution in [0.4, 0.5) is 13.2 Å². The molecule has 0 bridgehead atoms. The van der Waals surface area contributed by atoms with Crippen molar-refractivity contribution in [3.05, 3.63) is 64.6 Å². The van der Waals surface area contributed by atoms with Crippen molar-refractivity contribution < 1.29 is 22.8 Å². The fourth-order valence-corrected chi connectivity index (χ4v) is 5.42. The van der Waals surface area contributed by atoms with Crippen LogP contribution < -0.4 is 0 Å². The zero-order chi connectivity index (χ0) is 24.7. The van der Waals surface area contributed by atoms with E-state index in [2.05, 4.69) is 5.10 Å². The predicted molar refractivity (Wildman–Crippen MR) is 121 cm³/mol. The molecular formula is C26H25F3N4O2. The summed E-state index contributed by atoms with van der Waals surface area (Å²) in [4.78, 5) is 18.8. The molecule has 5 rings (SSSR count). The van der Waals surface area contributed by atoms with Gasteiger partial charge in [-0.2, -0.15) is 10.4 Å². The maximum atomic E-state index is 14.5. The number of fused-ring (bicyclic) bond motifs is 1. The van der Waals surface area contributed by atoms with E-state index in [1.54, 1.807) is 17.7 Å². The normalized spacial score (nSPS) is 22.5. The average molecular weight is 483 g/mol. The van der Waals surface area contributed by atoms with Gasteiger partial charge in [-0.3, -0.25) is 14.3 Å². The van der Waals surface area contributed by atoms with Crippen molar-refractivity contribution in [2.75, 3.05) is 6.61 Å². The van der Waals surface area contributed by atoms with Crippen LogP contribution in [-0.2, 0) is 16.2 Å². The van der Waals surface area contributed by atoms with E-state index < -0.39 is 23.5 Å². The van der Waals surface area contributed by atoms with E-state index in [1.807, 2.05) is 6.07 Å². The number of nitriles is 1. The highest BCUT2D eigenvalue weighted by atomic mass is 19.1. The third-order valence-corrected chi connectivity index (χ3v) is 7.13. The first kappa shape index (κ1) is 23.4. The SMILES string of the molecule is Cc1nn(C[C@H]2CC[C@H](C(=O)N3OCC[C@H]3c3cc(F)cc(F)c3)CC2)c2cc(C#N)cc(F)c12. The summed E-state index contributed by atoms with van der Waals surface area (Å²) >= 11 is 0. The minimum atomic E-state index is -0.678. The van der Waals surface area contributed by atoms with Crippen molar-refractivity contribution in [2.45, 2.75) is 51.6 Å². The molecule has 2 aromatic carbocycles. The standard InChI is InChI=1S/C26H25F3N4O2/c1-15-25-22(29)8-17(13-30)9-24(25)32(31-15)14-16-2-4-18(5-3-16)26(34)33-23(6-7-35-33)19-10-20(27)12-21(28)11-19/h8-12,16,18,23H,2-7,14H2,1H3/t16-,18-,23-/m0/s1. The van der Waals surface area contributed by atoms with Gasteiger partial charge < -0.3 is 0 Å². The number of nitrogens with zero attached hydrogens (tertiary/aromatic N) is 4. The first-order valence-corrected chi connectivity index (χ1v) is 11.8. The second kappa shape index (κ2) is 9.34. The first-order chi connectivity index (χ1) is 16.8. The summed E-state index contributed by atoms with van der Waals surface area (Å²) in [6.07, 6.45) is 3.36. The fourth-order valence-electron chi connectivity index (χ4n) is 5.42. The maximum Gasteiger partial charge on any atom is 0.249 e. The van der Waals surface area contributed by atoms with Crippen LogP contribution in [0.1, 0.15) is 55.0 Å². The number of carbonyl (C=O) groups is 1. The van der Waals surface area contributed by atoms with Crippen LogP contribution in [0.2, 0.25) is 0 Å². The molecule has 2 fully saturated rings. The van der Waals surface area contributed by atoms with Gasteiger partial charge in [0.1, 0.15) is 17.5 Å². The van der Waals surface area contributed by atoms with Gasteiger partial charge in [0.2, 0.25) is 5.91 Å². The molecule has 182 valence electrons. The highest BCUT2D eigenvalue weighted by molar-refractivity contribution is 5.84. The molecule has 1 aromatic heterocycles. The molecule has 0 N–H and O–H groups in total. The number of rotatable bonds is 4.